The molecule has 0 aliphatic rings. The molecule has 0 bridgehead atoms. The van der Waals surface area contributed by atoms with Gasteiger partial charge in [-0.05, 0) is 6.07 Å². The first-order valence-electron chi connectivity index (χ1n) is 4.74. The maximum Gasteiger partial charge on any atom is 0.268 e. The van der Waals surface area contributed by atoms with E-state index in [9.17, 15) is 4.79 Å². The quantitative estimate of drug-likeness (QED) is 0.834. The summed E-state index contributed by atoms with van der Waals surface area (Å²) in [5, 5.41) is 4.69. The topological polar surface area (TPSA) is 72.9 Å². The Balaban J connectivity index is 2.01. The van der Waals surface area contributed by atoms with Crippen LogP contribution in [0.1, 0.15) is 16.2 Å². The van der Waals surface area contributed by atoms with Gasteiger partial charge in [0.2, 0.25) is 0 Å². The highest BCUT2D eigenvalue weighted by atomic mass is 32.1. The number of anilines is 1. The van der Waals surface area contributed by atoms with Crippen molar-refractivity contribution >= 4 is 22.9 Å². The minimum absolute atomic E-state index is 0.146. The van der Waals surface area contributed by atoms with Crippen LogP contribution in [0, 0.1) is 0 Å². The average Bonchev–Trinajstić information content (AvgIpc) is 2.84. The van der Waals surface area contributed by atoms with Crippen molar-refractivity contribution in [3.63, 3.8) is 0 Å². The summed E-state index contributed by atoms with van der Waals surface area (Å²) in [5.74, 6) is -0.146. The van der Waals surface area contributed by atoms with Gasteiger partial charge in [0.05, 0.1) is 23.4 Å². The van der Waals surface area contributed by atoms with Crippen molar-refractivity contribution in [2.45, 2.75) is 6.54 Å². The smallest absolute Gasteiger partial charge is 0.268 e. The summed E-state index contributed by atoms with van der Waals surface area (Å²) >= 11 is 1.51. The standard InChI is InChI=1S/C10H12N4OS/c1-14-4-7(11)2-9(14)10(15)12-3-8-5-16-6-13-8/h2,4-6H,3,11H2,1H3,(H,12,15). The van der Waals surface area contributed by atoms with Crippen LogP contribution in [0.3, 0.4) is 0 Å². The van der Waals surface area contributed by atoms with Gasteiger partial charge < -0.3 is 15.6 Å². The number of aromatic nitrogens is 2. The van der Waals surface area contributed by atoms with Crippen molar-refractivity contribution < 1.29 is 4.79 Å². The first-order chi connectivity index (χ1) is 7.66. The summed E-state index contributed by atoms with van der Waals surface area (Å²) in [6.45, 7) is 0.438. The van der Waals surface area contributed by atoms with Crippen molar-refractivity contribution in [2.24, 2.45) is 7.05 Å². The molecule has 0 saturated heterocycles. The molecule has 84 valence electrons. The molecule has 0 unspecified atom stereocenters. The number of nitrogens with zero attached hydrogens (tertiary/aromatic N) is 2. The Bertz CT molecular complexity index is 489. The molecule has 0 fully saturated rings. The van der Waals surface area contributed by atoms with E-state index in [4.69, 9.17) is 5.73 Å². The van der Waals surface area contributed by atoms with Crippen molar-refractivity contribution in [3.8, 4) is 0 Å². The zero-order valence-electron chi connectivity index (χ0n) is 8.80. The number of carbonyl (C=O) groups is 1. The van der Waals surface area contributed by atoms with Gasteiger partial charge in [-0.15, -0.1) is 11.3 Å². The molecule has 0 aliphatic heterocycles. The lowest BCUT2D eigenvalue weighted by molar-refractivity contribution is 0.0942. The molecular weight excluding hydrogens is 224 g/mol. The first-order valence-corrected chi connectivity index (χ1v) is 5.68. The van der Waals surface area contributed by atoms with Gasteiger partial charge in [0.1, 0.15) is 5.69 Å². The molecule has 6 heteroatoms. The van der Waals surface area contributed by atoms with Crippen molar-refractivity contribution in [1.29, 1.82) is 0 Å². The van der Waals surface area contributed by atoms with Crippen LogP contribution in [0.25, 0.3) is 0 Å². The summed E-state index contributed by atoms with van der Waals surface area (Å²) in [7, 11) is 1.79. The summed E-state index contributed by atoms with van der Waals surface area (Å²) in [5.41, 5.74) is 9.33. The van der Waals surface area contributed by atoms with E-state index >= 15 is 0 Å². The maximum atomic E-state index is 11.8. The lowest BCUT2D eigenvalue weighted by Crippen LogP contribution is -2.24. The summed E-state index contributed by atoms with van der Waals surface area (Å²) in [6.07, 6.45) is 1.71. The van der Waals surface area contributed by atoms with Crippen LogP contribution in [0.15, 0.2) is 23.2 Å². The Labute approximate surface area is 96.9 Å². The van der Waals surface area contributed by atoms with Crippen molar-refractivity contribution in [1.82, 2.24) is 14.9 Å². The molecule has 0 aromatic carbocycles. The lowest BCUT2D eigenvalue weighted by atomic mass is 10.3. The van der Waals surface area contributed by atoms with Crippen LogP contribution in [-0.2, 0) is 13.6 Å². The zero-order chi connectivity index (χ0) is 11.5. The Morgan fingerprint density at radius 3 is 3.06 bits per heavy atom. The second kappa shape index (κ2) is 4.36. The molecule has 0 radical (unpaired) electrons. The van der Waals surface area contributed by atoms with Gasteiger partial charge in [0.25, 0.3) is 5.91 Å². The predicted octanol–water partition coefficient (Wildman–Crippen LogP) is 0.994. The molecule has 2 aromatic heterocycles. The average molecular weight is 236 g/mol. The molecule has 5 nitrogen and oxygen atoms in total. The van der Waals surface area contributed by atoms with E-state index in [1.807, 2.05) is 5.38 Å². The van der Waals surface area contributed by atoms with Gasteiger partial charge in [-0.25, -0.2) is 4.98 Å². The number of nitrogens with one attached hydrogen (secondary N) is 1. The number of nitrogens with two attached hydrogens (primary N) is 1. The fourth-order valence-electron chi connectivity index (χ4n) is 1.40. The molecule has 0 spiro atoms. The number of thiazole rings is 1. The Morgan fingerprint density at radius 2 is 2.50 bits per heavy atom. The van der Waals surface area contributed by atoms with E-state index in [1.165, 1.54) is 11.3 Å². The highest BCUT2D eigenvalue weighted by Crippen LogP contribution is 2.08. The van der Waals surface area contributed by atoms with Gasteiger partial charge in [-0.1, -0.05) is 0 Å². The van der Waals surface area contributed by atoms with Gasteiger partial charge in [0.15, 0.2) is 0 Å². The molecule has 16 heavy (non-hydrogen) atoms. The van der Waals surface area contributed by atoms with E-state index in [0.717, 1.165) is 5.69 Å². The van der Waals surface area contributed by atoms with Crippen LogP contribution in [0.4, 0.5) is 5.69 Å². The Morgan fingerprint density at radius 1 is 1.69 bits per heavy atom. The fraction of sp³-hybridized carbons (Fsp3) is 0.200. The molecule has 0 aliphatic carbocycles. The second-order valence-electron chi connectivity index (χ2n) is 3.43. The largest absolute Gasteiger partial charge is 0.397 e. The third-order valence-electron chi connectivity index (χ3n) is 2.17. The molecule has 2 heterocycles. The molecule has 3 N–H and O–H groups in total. The number of carbonyl (C=O) groups excluding carboxylic acids is 1. The van der Waals surface area contributed by atoms with Gasteiger partial charge in [0, 0.05) is 18.6 Å². The molecular formula is C10H12N4OS. The van der Waals surface area contributed by atoms with E-state index in [-0.39, 0.29) is 5.91 Å². The third-order valence-corrected chi connectivity index (χ3v) is 2.81. The highest BCUT2D eigenvalue weighted by molar-refractivity contribution is 7.07. The van der Waals surface area contributed by atoms with Gasteiger partial charge >= 0.3 is 0 Å². The van der Waals surface area contributed by atoms with Crippen molar-refractivity contribution in [2.75, 3.05) is 5.73 Å². The monoisotopic (exact) mass is 236 g/mol. The SMILES string of the molecule is Cn1cc(N)cc1C(=O)NCc1cscn1. The number of amides is 1. The fourth-order valence-corrected chi connectivity index (χ4v) is 1.96. The summed E-state index contributed by atoms with van der Waals surface area (Å²) in [4.78, 5) is 15.8. The number of aryl methyl sites for hydroxylation is 1. The van der Waals surface area contributed by atoms with Gasteiger partial charge in [-0.2, -0.15) is 0 Å². The number of nitrogen functional groups attached to an aromatic ring is 1. The van der Waals surface area contributed by atoms with Crippen LogP contribution in [0.5, 0.6) is 0 Å². The Kier molecular flexibility index (Phi) is 2.91. The van der Waals surface area contributed by atoms with Crippen LogP contribution >= 0.6 is 11.3 Å². The van der Waals surface area contributed by atoms with E-state index in [0.29, 0.717) is 17.9 Å². The zero-order valence-corrected chi connectivity index (χ0v) is 9.62. The van der Waals surface area contributed by atoms with E-state index in [2.05, 4.69) is 10.3 Å². The number of hydrogen-bond acceptors (Lipinski definition) is 4. The van der Waals surface area contributed by atoms with Gasteiger partial charge in [-0.3, -0.25) is 4.79 Å². The maximum absolute atomic E-state index is 11.8. The summed E-state index contributed by atoms with van der Waals surface area (Å²) in [6, 6.07) is 1.65. The van der Waals surface area contributed by atoms with Crippen molar-refractivity contribution in [3.05, 3.63) is 34.5 Å². The first kappa shape index (κ1) is 10.7. The highest BCUT2D eigenvalue weighted by Gasteiger charge is 2.10. The van der Waals surface area contributed by atoms with E-state index < -0.39 is 0 Å². The minimum atomic E-state index is -0.146. The minimum Gasteiger partial charge on any atom is -0.397 e. The van der Waals surface area contributed by atoms with Crippen LogP contribution < -0.4 is 11.1 Å². The van der Waals surface area contributed by atoms with E-state index in [1.54, 1.807) is 29.4 Å². The second-order valence-corrected chi connectivity index (χ2v) is 4.15. The third kappa shape index (κ3) is 2.22. The van der Waals surface area contributed by atoms with Crippen LogP contribution in [-0.4, -0.2) is 15.5 Å². The molecule has 1 amide bonds. The molecule has 0 atom stereocenters. The molecule has 0 saturated carbocycles. The molecule has 2 aromatic rings. The lowest BCUT2D eigenvalue weighted by Gasteiger charge is -2.03. The normalized spacial score (nSPS) is 10.3. The molecule has 2 rings (SSSR count). The summed E-state index contributed by atoms with van der Waals surface area (Å²) < 4.78 is 1.70. The predicted molar refractivity (Wildman–Crippen MR) is 63.1 cm³/mol. The Hall–Kier alpha value is -1.82. The van der Waals surface area contributed by atoms with Crippen LogP contribution in [0.2, 0.25) is 0 Å². The number of hydrogen-bond donors (Lipinski definition) is 2. The number of rotatable bonds is 3.